The van der Waals surface area contributed by atoms with Gasteiger partial charge in [0, 0.05) is 22.3 Å². The van der Waals surface area contributed by atoms with Crippen molar-refractivity contribution in [2.45, 2.75) is 6.61 Å². The van der Waals surface area contributed by atoms with Gasteiger partial charge in [-0.2, -0.15) is 0 Å². The molecule has 1 amide bonds. The summed E-state index contributed by atoms with van der Waals surface area (Å²) in [5.74, 6) is 0.487. The number of carbonyl (C=O) groups is 1. The molecule has 0 radical (unpaired) electrons. The van der Waals surface area contributed by atoms with Crippen LogP contribution in [0.25, 0.3) is 0 Å². The summed E-state index contributed by atoms with van der Waals surface area (Å²) in [5, 5.41) is 3.38. The van der Waals surface area contributed by atoms with Crippen LogP contribution in [0.5, 0.6) is 5.75 Å². The average molecular weight is 338 g/mol. The minimum atomic E-state index is -0.210. The molecule has 0 aromatic heterocycles. The highest BCUT2D eigenvalue weighted by Crippen LogP contribution is 2.20. The van der Waals surface area contributed by atoms with Crippen LogP contribution in [-0.4, -0.2) is 5.91 Å². The van der Waals surface area contributed by atoms with Crippen LogP contribution in [0.3, 0.4) is 0 Å². The van der Waals surface area contributed by atoms with E-state index in [1.165, 1.54) is 0 Å². The third-order valence-electron chi connectivity index (χ3n) is 3.43. The number of benzene rings is 3. The average Bonchev–Trinajstić information content (AvgIpc) is 2.61. The summed E-state index contributed by atoms with van der Waals surface area (Å²) >= 11 is 5.92. The zero-order valence-electron chi connectivity index (χ0n) is 12.9. The lowest BCUT2D eigenvalue weighted by Gasteiger charge is -2.09. The summed E-state index contributed by atoms with van der Waals surface area (Å²) in [6.45, 7) is 0.479. The lowest BCUT2D eigenvalue weighted by molar-refractivity contribution is 0.102. The Bertz CT molecular complexity index is 834. The van der Waals surface area contributed by atoms with Crippen molar-refractivity contribution in [3.05, 3.63) is 95.0 Å². The van der Waals surface area contributed by atoms with Gasteiger partial charge in [-0.15, -0.1) is 0 Å². The molecule has 3 aromatic carbocycles. The van der Waals surface area contributed by atoms with Crippen molar-refractivity contribution in [2.75, 3.05) is 5.32 Å². The van der Waals surface area contributed by atoms with E-state index in [4.69, 9.17) is 16.3 Å². The molecule has 0 fully saturated rings. The maximum Gasteiger partial charge on any atom is 0.255 e. The van der Waals surface area contributed by atoms with Gasteiger partial charge >= 0.3 is 0 Å². The Hall–Kier alpha value is -2.78. The van der Waals surface area contributed by atoms with Crippen molar-refractivity contribution < 1.29 is 9.53 Å². The predicted molar refractivity (Wildman–Crippen MR) is 96.6 cm³/mol. The number of hydrogen-bond donors (Lipinski definition) is 1. The number of nitrogens with one attached hydrogen (secondary N) is 1. The molecular weight excluding hydrogens is 322 g/mol. The number of ether oxygens (including phenoxy) is 1. The van der Waals surface area contributed by atoms with Crippen LogP contribution in [0.4, 0.5) is 5.69 Å². The number of carbonyl (C=O) groups excluding carboxylic acids is 1. The Kier molecular flexibility index (Phi) is 5.14. The Balaban J connectivity index is 1.65. The van der Waals surface area contributed by atoms with Crippen LogP contribution in [0.15, 0.2) is 78.9 Å². The van der Waals surface area contributed by atoms with Crippen molar-refractivity contribution in [1.82, 2.24) is 0 Å². The molecule has 0 aliphatic heterocycles. The van der Waals surface area contributed by atoms with Gasteiger partial charge in [-0.05, 0) is 35.9 Å². The third kappa shape index (κ3) is 4.37. The lowest BCUT2D eigenvalue weighted by Crippen LogP contribution is -2.11. The number of rotatable bonds is 5. The van der Waals surface area contributed by atoms with Crippen LogP contribution in [0, 0.1) is 0 Å². The molecule has 0 unspecified atom stereocenters. The highest BCUT2D eigenvalue weighted by Gasteiger charge is 2.07. The van der Waals surface area contributed by atoms with Crippen molar-refractivity contribution in [2.24, 2.45) is 0 Å². The maximum atomic E-state index is 12.2. The molecule has 0 bridgehead atoms. The van der Waals surface area contributed by atoms with Gasteiger partial charge < -0.3 is 10.1 Å². The molecular formula is C20H16ClNO2. The van der Waals surface area contributed by atoms with E-state index in [2.05, 4.69) is 5.32 Å². The van der Waals surface area contributed by atoms with Gasteiger partial charge in [0.15, 0.2) is 0 Å². The van der Waals surface area contributed by atoms with Gasteiger partial charge in [0.05, 0.1) is 0 Å². The van der Waals surface area contributed by atoms with Gasteiger partial charge in [0.1, 0.15) is 12.4 Å². The quantitative estimate of drug-likeness (QED) is 0.697. The van der Waals surface area contributed by atoms with E-state index >= 15 is 0 Å². The van der Waals surface area contributed by atoms with E-state index in [1.807, 2.05) is 48.5 Å². The Morgan fingerprint density at radius 2 is 1.71 bits per heavy atom. The topological polar surface area (TPSA) is 38.3 Å². The van der Waals surface area contributed by atoms with Crippen molar-refractivity contribution in [3.63, 3.8) is 0 Å². The monoisotopic (exact) mass is 337 g/mol. The van der Waals surface area contributed by atoms with E-state index in [9.17, 15) is 4.79 Å². The normalized spacial score (nSPS) is 10.2. The summed E-state index contributed by atoms with van der Waals surface area (Å²) in [5.41, 5.74) is 2.27. The van der Waals surface area contributed by atoms with Crippen molar-refractivity contribution in [3.8, 4) is 5.75 Å². The molecule has 120 valence electrons. The smallest absolute Gasteiger partial charge is 0.255 e. The van der Waals surface area contributed by atoms with E-state index in [0.29, 0.717) is 28.6 Å². The van der Waals surface area contributed by atoms with Crippen LogP contribution in [-0.2, 0) is 6.61 Å². The van der Waals surface area contributed by atoms with Gasteiger partial charge in [-0.1, -0.05) is 54.1 Å². The molecule has 24 heavy (non-hydrogen) atoms. The second kappa shape index (κ2) is 7.66. The lowest BCUT2D eigenvalue weighted by atomic mass is 10.2. The molecule has 0 atom stereocenters. The van der Waals surface area contributed by atoms with Crippen molar-refractivity contribution >= 4 is 23.2 Å². The molecule has 3 aromatic rings. The first-order valence-corrected chi connectivity index (χ1v) is 7.92. The maximum absolute atomic E-state index is 12.2. The molecule has 0 aliphatic carbocycles. The first kappa shape index (κ1) is 16.1. The highest BCUT2D eigenvalue weighted by atomic mass is 35.5. The summed E-state index contributed by atoms with van der Waals surface area (Å²) in [7, 11) is 0. The second-order valence-electron chi connectivity index (χ2n) is 5.27. The second-order valence-corrected chi connectivity index (χ2v) is 5.70. The van der Waals surface area contributed by atoms with Crippen LogP contribution >= 0.6 is 11.6 Å². The fraction of sp³-hybridized carbons (Fsp3) is 0.0500. The molecule has 3 rings (SSSR count). The largest absolute Gasteiger partial charge is 0.489 e. The number of anilines is 1. The molecule has 4 heteroatoms. The van der Waals surface area contributed by atoms with Crippen molar-refractivity contribution in [1.29, 1.82) is 0 Å². The highest BCUT2D eigenvalue weighted by molar-refractivity contribution is 6.31. The van der Waals surface area contributed by atoms with Gasteiger partial charge in [-0.3, -0.25) is 4.79 Å². The van der Waals surface area contributed by atoms with E-state index in [-0.39, 0.29) is 5.91 Å². The molecule has 0 spiro atoms. The predicted octanol–water partition coefficient (Wildman–Crippen LogP) is 5.17. The number of halogens is 1. The molecule has 3 nitrogen and oxygen atoms in total. The van der Waals surface area contributed by atoms with E-state index in [1.54, 1.807) is 30.3 Å². The first-order valence-electron chi connectivity index (χ1n) is 7.54. The summed E-state index contributed by atoms with van der Waals surface area (Å²) < 4.78 is 5.77. The summed E-state index contributed by atoms with van der Waals surface area (Å²) in [6, 6.07) is 24.1. The van der Waals surface area contributed by atoms with E-state index in [0.717, 1.165) is 5.56 Å². The summed E-state index contributed by atoms with van der Waals surface area (Å²) in [6.07, 6.45) is 0. The molecule has 0 saturated heterocycles. The van der Waals surface area contributed by atoms with Crippen LogP contribution < -0.4 is 10.1 Å². The first-order chi connectivity index (χ1) is 11.7. The zero-order valence-corrected chi connectivity index (χ0v) is 13.7. The summed E-state index contributed by atoms with van der Waals surface area (Å²) in [4.78, 5) is 12.2. The number of hydrogen-bond acceptors (Lipinski definition) is 2. The Morgan fingerprint density at radius 1 is 0.917 bits per heavy atom. The van der Waals surface area contributed by atoms with Gasteiger partial charge in [-0.25, -0.2) is 0 Å². The van der Waals surface area contributed by atoms with Crippen LogP contribution in [0.1, 0.15) is 15.9 Å². The fourth-order valence-corrected chi connectivity index (χ4v) is 2.43. The Labute approximate surface area is 145 Å². The molecule has 0 heterocycles. The molecule has 0 aliphatic rings. The standard InChI is InChI=1S/C20H16ClNO2/c21-17-9-4-8-16(12-17)20(23)22-18-10-5-11-19(13-18)24-14-15-6-2-1-3-7-15/h1-13H,14H2,(H,22,23). The van der Waals surface area contributed by atoms with Crippen LogP contribution in [0.2, 0.25) is 5.02 Å². The van der Waals surface area contributed by atoms with E-state index < -0.39 is 0 Å². The number of amides is 1. The third-order valence-corrected chi connectivity index (χ3v) is 3.66. The SMILES string of the molecule is O=C(Nc1cccc(OCc2ccccc2)c1)c1cccc(Cl)c1. The molecule has 1 N–H and O–H groups in total. The minimum absolute atomic E-state index is 0.210. The zero-order chi connectivity index (χ0) is 16.8. The Morgan fingerprint density at radius 3 is 2.50 bits per heavy atom. The molecule has 0 saturated carbocycles. The van der Waals surface area contributed by atoms with Gasteiger partial charge in [0.2, 0.25) is 0 Å². The minimum Gasteiger partial charge on any atom is -0.489 e. The fourth-order valence-electron chi connectivity index (χ4n) is 2.24. The van der Waals surface area contributed by atoms with Gasteiger partial charge in [0.25, 0.3) is 5.91 Å².